The maximum atomic E-state index is 13.9. The molecule has 3 aliphatic rings. The molecule has 37 heteroatoms. The molecule has 3 radical (unpaired) electrons. The van der Waals surface area contributed by atoms with Gasteiger partial charge in [-0.2, -0.15) is 0 Å². The van der Waals surface area contributed by atoms with Crippen molar-refractivity contribution in [1.82, 2.24) is 31.9 Å². The Kier molecular flexibility index (Phi) is 50.3. The number of amides is 7. The van der Waals surface area contributed by atoms with Crippen molar-refractivity contribution >= 4 is 41.4 Å². The Morgan fingerprint density at radius 3 is 1.08 bits per heavy atom. The minimum atomic E-state index is -1.49. The first-order chi connectivity index (χ1) is 44.9. The maximum absolute atomic E-state index is 13.9. The molecule has 3 saturated heterocycles. The quantitative estimate of drug-likeness (QED) is 0.0279. The molecular weight excluding hydrogens is 1920 g/mol. The molecule has 97 heavy (non-hydrogen) atoms. The number of nitrogens with two attached hydrogens (primary N) is 2. The number of hydrogen-bond donors (Lipinski definition) is 18. The standard InChI is InChI=1S/C60H102N11O23.3Ac/c61-35(29-33-13-15-34(75)16-14-33)54(85)71-38(57(88)68-25-9-3-6-12-28-91-60-47(65)53(84)50(81)41(32-74)94-60)19-22-44(78)70-37(56(87)67-24-8-2-5-11-27-90-59-46(64)52(83)49(80)40(31-73)93-59)18-21-43(77)69-36(17-20-42(62)76)55(86)66-23-7-1-4-10-26-89-58-45(63)51(82)48(79)39(30-72)92-58;;;/h13-16,35-41,45-53,58-60,63-65,72-75,79-84H,1-12,17-32,61H2,(H2,62,76)(H,66,86)(H,67,87)(H,68,88)(H,69,77)(H,70,78)(H,71,85);;;/q-3;;;. The zero-order valence-corrected chi connectivity index (χ0v) is 69.0. The molecule has 23 N–H and O–H groups in total. The van der Waals surface area contributed by atoms with E-state index in [4.69, 9.17) is 57.1 Å². The van der Waals surface area contributed by atoms with E-state index in [1.54, 1.807) is 12.1 Å². The molecular formula is C60H102Ac3N11O23-3. The number of phenols is 1. The number of aliphatic hydroxyl groups is 9. The minimum absolute atomic E-state index is 0. The number of carbonyl (C=O) groups is 7. The Bertz CT molecular complexity index is 2430. The van der Waals surface area contributed by atoms with Gasteiger partial charge in [0, 0.05) is 191 Å². The molecule has 0 aromatic heterocycles. The fourth-order valence-corrected chi connectivity index (χ4v) is 10.5. The molecule has 1 aromatic rings. The SMILES string of the molecule is [Ac].[Ac].[Ac].[NH-]C1C(OCCCCCCNC(=O)C(CCC(N)=O)NC(=O)CCC(NC(=O)CCC(NC(=O)C(N)Cc2ccc(O)cc2)C(=O)NCCCCCCOC2OC(CO)C(O)C(O)C2[NH-])C(=O)NCCCCCCOC2OC(CO)C(O)C(O)C2[NH-])OC(CO)C(O)C1O. The Balaban J connectivity index is 0.0000157. The van der Waals surface area contributed by atoms with E-state index in [-0.39, 0.29) is 209 Å². The molecule has 3 fully saturated rings. The molecule has 0 saturated carbocycles. The van der Waals surface area contributed by atoms with Crippen LogP contribution < -0.4 is 43.4 Å². The third-order valence-electron chi connectivity index (χ3n) is 16.3. The van der Waals surface area contributed by atoms with Crippen molar-refractivity contribution < 1.29 is 245 Å². The summed E-state index contributed by atoms with van der Waals surface area (Å²) in [5.41, 5.74) is 36.5. The second kappa shape index (κ2) is 51.9. The second-order valence-electron chi connectivity index (χ2n) is 23.8. The number of aromatic hydroxyl groups is 1. The second-order valence-corrected chi connectivity index (χ2v) is 23.8. The normalized spacial score (nSPS) is 26.6. The number of unbranched alkanes of at least 4 members (excludes halogenated alkanes) is 9. The molecule has 3 heterocycles. The fraction of sp³-hybridized carbons (Fsp3) is 0.783. The average Bonchev–Trinajstić information content (AvgIpc) is 0.839. The van der Waals surface area contributed by atoms with Gasteiger partial charge in [-0.15, -0.1) is 0 Å². The van der Waals surface area contributed by atoms with Crippen LogP contribution in [0.1, 0.15) is 121 Å². The zero-order valence-electron chi connectivity index (χ0n) is 54.7. The van der Waals surface area contributed by atoms with E-state index in [0.29, 0.717) is 82.6 Å². The van der Waals surface area contributed by atoms with Crippen molar-refractivity contribution in [1.29, 1.82) is 0 Å². The van der Waals surface area contributed by atoms with Crippen LogP contribution in [0, 0.1) is 132 Å². The summed E-state index contributed by atoms with van der Waals surface area (Å²) < 4.78 is 33.0. The third kappa shape index (κ3) is 34.1. The number of hydrogen-bond acceptors (Lipinski definition) is 24. The summed E-state index contributed by atoms with van der Waals surface area (Å²) in [7, 11) is 0. The van der Waals surface area contributed by atoms with Crippen LogP contribution in [-0.4, -0.2) is 268 Å². The van der Waals surface area contributed by atoms with Gasteiger partial charge in [-0.25, -0.2) is 0 Å². The monoisotopic (exact) mass is 2030 g/mol. The van der Waals surface area contributed by atoms with Gasteiger partial charge in [-0.3, -0.25) is 33.6 Å². The van der Waals surface area contributed by atoms with Gasteiger partial charge in [0.1, 0.15) is 79.4 Å². The molecule has 19 atom stereocenters. The van der Waals surface area contributed by atoms with Gasteiger partial charge in [0.15, 0.2) is 0 Å². The van der Waals surface area contributed by atoms with Gasteiger partial charge < -0.3 is 140 Å². The molecule has 7 amide bonds. The first kappa shape index (κ1) is 93.9. The van der Waals surface area contributed by atoms with E-state index in [2.05, 4.69) is 31.9 Å². The summed E-state index contributed by atoms with van der Waals surface area (Å²) in [6, 6.07) is -2.98. The van der Waals surface area contributed by atoms with Crippen molar-refractivity contribution in [2.75, 3.05) is 59.3 Å². The number of carbonyl (C=O) groups excluding carboxylic acids is 7. The average molecular weight is 2030 g/mol. The Labute approximate surface area is 672 Å². The number of rotatable bonds is 45. The van der Waals surface area contributed by atoms with Gasteiger partial charge in [0.25, 0.3) is 0 Å². The summed E-state index contributed by atoms with van der Waals surface area (Å²) in [5.74, 6) is -4.90. The smallest absolute Gasteiger partial charge is 0.242 e. The predicted octanol–water partition coefficient (Wildman–Crippen LogP) is -3.80. The number of benzene rings is 1. The number of ether oxygens (including phenoxy) is 6. The molecule has 547 valence electrons. The third-order valence-corrected chi connectivity index (χ3v) is 16.3. The van der Waals surface area contributed by atoms with Gasteiger partial charge in [-0.1, -0.05) is 68.8 Å². The van der Waals surface area contributed by atoms with E-state index < -0.39 is 190 Å². The summed E-state index contributed by atoms with van der Waals surface area (Å²) >= 11 is 0. The van der Waals surface area contributed by atoms with Crippen molar-refractivity contribution in [2.24, 2.45) is 11.5 Å². The van der Waals surface area contributed by atoms with Crippen LogP contribution in [0.15, 0.2) is 24.3 Å². The largest absolute Gasteiger partial charge is 0.668 e. The molecule has 3 aliphatic heterocycles. The minimum Gasteiger partial charge on any atom is -0.668 e. The zero-order chi connectivity index (χ0) is 69.3. The summed E-state index contributed by atoms with van der Waals surface area (Å²) in [6.07, 6.45) is -11.0. The maximum Gasteiger partial charge on any atom is 0.242 e. The summed E-state index contributed by atoms with van der Waals surface area (Å²) in [4.78, 5) is 93.9. The molecule has 19 unspecified atom stereocenters. The molecule has 0 spiro atoms. The van der Waals surface area contributed by atoms with Crippen LogP contribution in [-0.2, 0) is 68.4 Å². The fourth-order valence-electron chi connectivity index (χ4n) is 10.5. The van der Waals surface area contributed by atoms with Crippen LogP contribution in [0.25, 0.3) is 17.2 Å². The van der Waals surface area contributed by atoms with E-state index in [0.717, 1.165) is 0 Å². The van der Waals surface area contributed by atoms with Crippen molar-refractivity contribution in [2.45, 2.75) is 238 Å². The number of aliphatic hydroxyl groups excluding tert-OH is 9. The Morgan fingerprint density at radius 2 is 0.763 bits per heavy atom. The summed E-state index contributed by atoms with van der Waals surface area (Å²) in [6.45, 7) is -0.913. The predicted molar refractivity (Wildman–Crippen MR) is 332 cm³/mol. The van der Waals surface area contributed by atoms with Crippen LogP contribution in [0.5, 0.6) is 5.75 Å². The van der Waals surface area contributed by atoms with Gasteiger partial charge in [0.05, 0.1) is 44.2 Å². The number of phenolic OH excluding ortho intramolecular Hbond substituents is 1. The molecule has 0 aliphatic carbocycles. The van der Waals surface area contributed by atoms with E-state index in [1.807, 2.05) is 0 Å². The van der Waals surface area contributed by atoms with Crippen LogP contribution >= 0.6 is 0 Å². The topological polar surface area (TPSA) is 573 Å². The Morgan fingerprint density at radius 1 is 0.454 bits per heavy atom. The van der Waals surface area contributed by atoms with Crippen LogP contribution in [0.3, 0.4) is 0 Å². The van der Waals surface area contributed by atoms with E-state index in [9.17, 15) is 84.6 Å². The Hall–Kier alpha value is -1.13. The van der Waals surface area contributed by atoms with Crippen molar-refractivity contribution in [3.8, 4) is 5.75 Å². The van der Waals surface area contributed by atoms with Gasteiger partial charge in [0.2, 0.25) is 41.4 Å². The number of primary amides is 1. The van der Waals surface area contributed by atoms with Crippen LogP contribution in [0.4, 0.5) is 0 Å². The molecule has 34 nitrogen and oxygen atoms in total. The van der Waals surface area contributed by atoms with Crippen LogP contribution in [0.2, 0.25) is 0 Å². The summed E-state index contributed by atoms with van der Waals surface area (Å²) in [5, 5.41) is 115. The number of nitrogens with one attached hydrogen (secondary N) is 9. The van der Waals surface area contributed by atoms with Crippen molar-refractivity contribution in [3.05, 3.63) is 47.0 Å². The molecule has 4 rings (SSSR count). The van der Waals surface area contributed by atoms with Crippen molar-refractivity contribution in [3.63, 3.8) is 0 Å². The first-order valence-corrected chi connectivity index (χ1v) is 32.3. The molecule has 0 bridgehead atoms. The molecule has 1 aromatic carbocycles. The van der Waals surface area contributed by atoms with Gasteiger partial charge in [-0.05, 0) is 81.9 Å². The van der Waals surface area contributed by atoms with E-state index >= 15 is 0 Å². The van der Waals surface area contributed by atoms with Gasteiger partial charge >= 0.3 is 0 Å². The first-order valence-electron chi connectivity index (χ1n) is 32.3. The van der Waals surface area contributed by atoms with E-state index in [1.165, 1.54) is 12.1 Å².